The summed E-state index contributed by atoms with van der Waals surface area (Å²) in [4.78, 5) is 23.0. The number of benzene rings is 2. The van der Waals surface area contributed by atoms with E-state index in [1.54, 1.807) is 16.9 Å². The summed E-state index contributed by atoms with van der Waals surface area (Å²) >= 11 is 7.09. The van der Waals surface area contributed by atoms with E-state index in [0.717, 1.165) is 90.2 Å². The van der Waals surface area contributed by atoms with Gasteiger partial charge < -0.3 is 20.4 Å². The van der Waals surface area contributed by atoms with Gasteiger partial charge in [-0.2, -0.15) is 19.2 Å². The first-order valence-corrected chi connectivity index (χ1v) is 20.0. The molecule has 1 aliphatic rings. The Morgan fingerprint density at radius 3 is 1.55 bits per heavy atom. The number of nitrogens with one attached hydrogen (secondary N) is 2. The molecule has 1 fully saturated rings. The minimum Gasteiger partial charge on any atom is -0.366 e. The van der Waals surface area contributed by atoms with Crippen LogP contribution < -0.4 is 20.4 Å². The Morgan fingerprint density at radius 1 is 0.607 bits per heavy atom. The number of aromatic nitrogens is 8. The van der Waals surface area contributed by atoms with Crippen molar-refractivity contribution in [2.24, 2.45) is 0 Å². The van der Waals surface area contributed by atoms with Gasteiger partial charge in [0, 0.05) is 75.9 Å². The predicted molar refractivity (Wildman–Crippen MR) is 231 cm³/mol. The smallest absolute Gasteiger partial charge is 0.172 e. The third kappa shape index (κ3) is 8.36. The summed E-state index contributed by atoms with van der Waals surface area (Å²) in [7, 11) is 3.96. The SMILES string of the molecule is Brc1cnn2c(NCc3ccc(N4CCCC4)nc3)cc(-c3ccccc3)nc12.CN(C)c1ccc(CNc2cc(-c3ccccc3)nc3c(Br)cnn23)cn1. The van der Waals surface area contributed by atoms with Crippen molar-refractivity contribution in [2.75, 3.05) is 47.6 Å². The summed E-state index contributed by atoms with van der Waals surface area (Å²) in [6.45, 7) is 3.52. The van der Waals surface area contributed by atoms with Crippen molar-refractivity contribution in [3.8, 4) is 22.5 Å². The lowest BCUT2D eigenvalue weighted by molar-refractivity contribution is 0.917. The quantitative estimate of drug-likeness (QED) is 0.138. The number of fused-ring (bicyclic) bond motifs is 2. The van der Waals surface area contributed by atoms with Crippen LogP contribution >= 0.6 is 31.9 Å². The van der Waals surface area contributed by atoms with Crippen LogP contribution in [0.2, 0.25) is 0 Å². The molecule has 1 saturated heterocycles. The fourth-order valence-corrected chi connectivity index (χ4v) is 7.16. The van der Waals surface area contributed by atoms with Gasteiger partial charge in [0.25, 0.3) is 0 Å². The summed E-state index contributed by atoms with van der Waals surface area (Å²) in [6, 6.07) is 32.7. The highest BCUT2D eigenvalue weighted by Crippen LogP contribution is 2.28. The van der Waals surface area contributed by atoms with Crippen LogP contribution in [0.1, 0.15) is 24.0 Å². The molecule has 0 saturated carbocycles. The van der Waals surface area contributed by atoms with E-state index in [1.807, 2.05) is 90.5 Å². The van der Waals surface area contributed by atoms with Gasteiger partial charge in [-0.25, -0.2) is 19.9 Å². The molecule has 0 bridgehead atoms. The number of anilines is 4. The summed E-state index contributed by atoms with van der Waals surface area (Å²) in [6.07, 6.45) is 9.89. The molecule has 0 spiro atoms. The molecule has 8 aromatic rings. The minimum atomic E-state index is 0.644. The highest BCUT2D eigenvalue weighted by atomic mass is 79.9. The Labute approximate surface area is 341 Å². The Balaban J connectivity index is 0.000000158. The van der Waals surface area contributed by atoms with Crippen molar-refractivity contribution in [3.05, 3.63) is 142 Å². The lowest BCUT2D eigenvalue weighted by Gasteiger charge is -2.16. The minimum absolute atomic E-state index is 0.644. The van der Waals surface area contributed by atoms with E-state index >= 15 is 0 Å². The maximum atomic E-state index is 4.77. The van der Waals surface area contributed by atoms with Gasteiger partial charge in [0.2, 0.25) is 0 Å². The highest BCUT2D eigenvalue weighted by molar-refractivity contribution is 9.11. The molecule has 14 heteroatoms. The van der Waals surface area contributed by atoms with Gasteiger partial charge in [-0.1, -0.05) is 72.8 Å². The molecule has 12 nitrogen and oxygen atoms in total. The van der Waals surface area contributed by atoms with Gasteiger partial charge in [0.1, 0.15) is 23.3 Å². The molecular weight excluding hydrogens is 832 g/mol. The lowest BCUT2D eigenvalue weighted by Crippen LogP contribution is -2.18. The predicted octanol–water partition coefficient (Wildman–Crippen LogP) is 9.00. The van der Waals surface area contributed by atoms with E-state index in [2.05, 4.69) is 110 Å². The summed E-state index contributed by atoms with van der Waals surface area (Å²) < 4.78 is 5.36. The molecule has 0 radical (unpaired) electrons. The summed E-state index contributed by atoms with van der Waals surface area (Å²) in [5.41, 5.74) is 7.73. The molecule has 2 aromatic carbocycles. The number of halogens is 2. The average molecular weight is 873 g/mol. The summed E-state index contributed by atoms with van der Waals surface area (Å²) in [5, 5.41) is 15.8. The zero-order valence-electron chi connectivity index (χ0n) is 31.0. The molecule has 6 aromatic heterocycles. The molecule has 2 N–H and O–H groups in total. The molecule has 7 heterocycles. The van der Waals surface area contributed by atoms with E-state index in [0.29, 0.717) is 13.1 Å². The van der Waals surface area contributed by atoms with Crippen molar-refractivity contribution in [2.45, 2.75) is 25.9 Å². The highest BCUT2D eigenvalue weighted by Gasteiger charge is 2.15. The molecule has 282 valence electrons. The van der Waals surface area contributed by atoms with Crippen molar-refractivity contribution in [3.63, 3.8) is 0 Å². The van der Waals surface area contributed by atoms with Crippen LogP contribution in [-0.2, 0) is 13.1 Å². The zero-order chi connectivity index (χ0) is 38.4. The van der Waals surface area contributed by atoms with Crippen LogP contribution in [0.5, 0.6) is 0 Å². The number of hydrogen-bond donors (Lipinski definition) is 2. The van der Waals surface area contributed by atoms with E-state index in [-0.39, 0.29) is 0 Å². The Morgan fingerprint density at radius 2 is 1.11 bits per heavy atom. The van der Waals surface area contributed by atoms with Crippen LogP contribution in [0.15, 0.2) is 131 Å². The van der Waals surface area contributed by atoms with Gasteiger partial charge in [-0.3, -0.25) is 0 Å². The first-order chi connectivity index (χ1) is 27.4. The van der Waals surface area contributed by atoms with Gasteiger partial charge in [-0.05, 0) is 68.0 Å². The summed E-state index contributed by atoms with van der Waals surface area (Å²) in [5.74, 6) is 3.77. The molecule has 0 unspecified atom stereocenters. The van der Waals surface area contributed by atoms with Crippen LogP contribution in [0.4, 0.5) is 23.3 Å². The molecule has 0 aliphatic carbocycles. The number of nitrogens with zero attached hydrogens (tertiary/aromatic N) is 10. The molecule has 0 atom stereocenters. The van der Waals surface area contributed by atoms with Gasteiger partial charge in [0.05, 0.1) is 32.7 Å². The average Bonchev–Trinajstić information content (AvgIpc) is 4.01. The number of pyridine rings is 2. The molecule has 9 rings (SSSR count). The zero-order valence-corrected chi connectivity index (χ0v) is 34.2. The number of rotatable bonds is 10. The second-order valence-electron chi connectivity index (χ2n) is 13.6. The lowest BCUT2D eigenvalue weighted by atomic mass is 10.1. The molecular formula is C42H40Br2N12. The first kappa shape index (κ1) is 37.1. The van der Waals surface area contributed by atoms with Crippen molar-refractivity contribution in [1.82, 2.24) is 39.2 Å². The Kier molecular flexibility index (Phi) is 11.2. The molecule has 1 aliphatic heterocycles. The third-order valence-corrected chi connectivity index (χ3v) is 10.6. The number of hydrogen-bond acceptors (Lipinski definition) is 10. The van der Waals surface area contributed by atoms with Crippen molar-refractivity contribution in [1.29, 1.82) is 0 Å². The second kappa shape index (κ2) is 16.9. The maximum Gasteiger partial charge on any atom is 0.172 e. The van der Waals surface area contributed by atoms with E-state index in [1.165, 1.54) is 12.8 Å². The van der Waals surface area contributed by atoms with Crippen LogP contribution in [0.25, 0.3) is 33.8 Å². The molecule has 56 heavy (non-hydrogen) atoms. The monoisotopic (exact) mass is 870 g/mol. The first-order valence-electron chi connectivity index (χ1n) is 18.4. The Hall–Kier alpha value is -5.86. The van der Waals surface area contributed by atoms with Crippen LogP contribution in [0, 0.1) is 0 Å². The van der Waals surface area contributed by atoms with E-state index < -0.39 is 0 Å². The fraction of sp³-hybridized carbons (Fsp3) is 0.190. The van der Waals surface area contributed by atoms with Gasteiger partial charge >= 0.3 is 0 Å². The Bertz CT molecular complexity index is 2530. The van der Waals surface area contributed by atoms with Gasteiger partial charge in [-0.15, -0.1) is 0 Å². The van der Waals surface area contributed by atoms with E-state index in [9.17, 15) is 0 Å². The van der Waals surface area contributed by atoms with Crippen LogP contribution in [-0.4, -0.2) is 66.3 Å². The maximum absolute atomic E-state index is 4.77. The fourth-order valence-electron chi connectivity index (χ4n) is 6.46. The largest absolute Gasteiger partial charge is 0.366 e. The van der Waals surface area contributed by atoms with Crippen molar-refractivity contribution >= 4 is 66.4 Å². The standard InChI is InChI=1S/C22H21BrN6.C20H19BrN6/c23-18-15-26-29-21(12-19(27-22(18)29)17-6-2-1-3-7-17)25-14-16-8-9-20(24-13-16)28-10-4-5-11-28;1-26(2)18-9-8-14(11-22-18)12-23-19-10-17(15-6-4-3-5-7-15)25-20-16(21)13-24-27(19)20/h1-3,6-9,12-13,15,25H,4-5,10-11,14H2;3-11,13,23H,12H2,1-2H3. The molecule has 0 amide bonds. The van der Waals surface area contributed by atoms with Gasteiger partial charge in [0.15, 0.2) is 11.3 Å². The van der Waals surface area contributed by atoms with E-state index in [4.69, 9.17) is 9.97 Å². The van der Waals surface area contributed by atoms with Crippen molar-refractivity contribution < 1.29 is 0 Å². The normalized spacial score (nSPS) is 12.5. The second-order valence-corrected chi connectivity index (χ2v) is 15.3. The third-order valence-electron chi connectivity index (χ3n) is 9.45. The van der Waals surface area contributed by atoms with Crippen LogP contribution in [0.3, 0.4) is 0 Å². The topological polar surface area (TPSA) is 117 Å².